The number of amides is 1. The SMILES string of the molecule is CC(O)C1CCCN(C(=O)CCc2cccc(F)c2)C1. The van der Waals surface area contributed by atoms with E-state index in [9.17, 15) is 14.3 Å². The summed E-state index contributed by atoms with van der Waals surface area (Å²) in [5.74, 6) is 0.0172. The van der Waals surface area contributed by atoms with E-state index in [2.05, 4.69) is 0 Å². The molecule has 2 rings (SSSR count). The van der Waals surface area contributed by atoms with Gasteiger partial charge < -0.3 is 10.0 Å². The van der Waals surface area contributed by atoms with Crippen LogP contribution in [-0.2, 0) is 11.2 Å². The molecule has 0 spiro atoms. The van der Waals surface area contributed by atoms with Crippen LogP contribution < -0.4 is 0 Å². The van der Waals surface area contributed by atoms with E-state index < -0.39 is 0 Å². The molecular weight excluding hydrogens is 257 g/mol. The zero-order chi connectivity index (χ0) is 14.5. The van der Waals surface area contributed by atoms with Gasteiger partial charge in [-0.3, -0.25) is 4.79 Å². The summed E-state index contributed by atoms with van der Waals surface area (Å²) in [5, 5.41) is 9.64. The van der Waals surface area contributed by atoms with E-state index in [4.69, 9.17) is 0 Å². The largest absolute Gasteiger partial charge is 0.393 e. The molecule has 0 aliphatic carbocycles. The van der Waals surface area contributed by atoms with Crippen molar-refractivity contribution in [1.82, 2.24) is 4.90 Å². The Bertz CT molecular complexity index is 462. The van der Waals surface area contributed by atoms with Crippen molar-refractivity contribution in [3.05, 3.63) is 35.6 Å². The van der Waals surface area contributed by atoms with Crippen LogP contribution in [0.3, 0.4) is 0 Å². The second-order valence-electron chi connectivity index (χ2n) is 5.61. The minimum atomic E-state index is -0.367. The first-order chi connectivity index (χ1) is 9.56. The molecule has 1 fully saturated rings. The van der Waals surface area contributed by atoms with Crippen molar-refractivity contribution in [3.8, 4) is 0 Å². The van der Waals surface area contributed by atoms with Crippen molar-refractivity contribution in [2.75, 3.05) is 13.1 Å². The van der Waals surface area contributed by atoms with E-state index in [1.807, 2.05) is 11.0 Å². The van der Waals surface area contributed by atoms with Gasteiger partial charge in [-0.1, -0.05) is 12.1 Å². The van der Waals surface area contributed by atoms with Crippen LogP contribution in [0.15, 0.2) is 24.3 Å². The number of aryl methyl sites for hydroxylation is 1. The maximum atomic E-state index is 13.1. The fourth-order valence-electron chi connectivity index (χ4n) is 2.73. The lowest BCUT2D eigenvalue weighted by Gasteiger charge is -2.34. The summed E-state index contributed by atoms with van der Waals surface area (Å²) in [6.45, 7) is 3.19. The number of hydrogen-bond donors (Lipinski definition) is 1. The van der Waals surface area contributed by atoms with Crippen molar-refractivity contribution < 1.29 is 14.3 Å². The molecule has 4 heteroatoms. The molecule has 1 aromatic rings. The van der Waals surface area contributed by atoms with E-state index in [1.54, 1.807) is 13.0 Å². The lowest BCUT2D eigenvalue weighted by Crippen LogP contribution is -2.43. The minimum absolute atomic E-state index is 0.0969. The highest BCUT2D eigenvalue weighted by Crippen LogP contribution is 2.20. The summed E-state index contributed by atoms with van der Waals surface area (Å²) in [5.41, 5.74) is 0.849. The third kappa shape index (κ3) is 4.04. The maximum Gasteiger partial charge on any atom is 0.222 e. The molecular formula is C16H22FNO2. The summed E-state index contributed by atoms with van der Waals surface area (Å²) in [6.07, 6.45) is 2.52. The smallest absolute Gasteiger partial charge is 0.222 e. The fraction of sp³-hybridized carbons (Fsp3) is 0.562. The summed E-state index contributed by atoms with van der Waals surface area (Å²) in [7, 11) is 0. The lowest BCUT2D eigenvalue weighted by atomic mass is 9.93. The Morgan fingerprint density at radius 3 is 3.05 bits per heavy atom. The van der Waals surface area contributed by atoms with Crippen LogP contribution >= 0.6 is 0 Å². The topological polar surface area (TPSA) is 40.5 Å². The van der Waals surface area contributed by atoms with E-state index in [0.29, 0.717) is 19.4 Å². The molecule has 1 N–H and O–H groups in total. The molecule has 20 heavy (non-hydrogen) atoms. The van der Waals surface area contributed by atoms with E-state index in [-0.39, 0.29) is 23.7 Å². The number of benzene rings is 1. The molecule has 0 bridgehead atoms. The quantitative estimate of drug-likeness (QED) is 0.919. The van der Waals surface area contributed by atoms with Gasteiger partial charge in [-0.15, -0.1) is 0 Å². The predicted octanol–water partition coefficient (Wildman–Crippen LogP) is 2.38. The molecule has 0 aromatic heterocycles. The first kappa shape index (κ1) is 15.0. The third-order valence-electron chi connectivity index (χ3n) is 4.01. The number of carbonyl (C=O) groups excluding carboxylic acids is 1. The Hall–Kier alpha value is -1.42. The first-order valence-corrected chi connectivity index (χ1v) is 7.26. The maximum absolute atomic E-state index is 13.1. The molecule has 0 saturated carbocycles. The van der Waals surface area contributed by atoms with Crippen LogP contribution in [0.25, 0.3) is 0 Å². The summed E-state index contributed by atoms with van der Waals surface area (Å²) < 4.78 is 13.1. The van der Waals surface area contributed by atoms with E-state index in [1.165, 1.54) is 12.1 Å². The van der Waals surface area contributed by atoms with Gasteiger partial charge >= 0.3 is 0 Å². The number of piperidine rings is 1. The van der Waals surface area contributed by atoms with Crippen molar-refractivity contribution in [2.24, 2.45) is 5.92 Å². The normalized spacial score (nSPS) is 20.8. The van der Waals surface area contributed by atoms with Gasteiger partial charge in [-0.05, 0) is 43.9 Å². The monoisotopic (exact) mass is 279 g/mol. The van der Waals surface area contributed by atoms with Gasteiger partial charge in [0.2, 0.25) is 5.91 Å². The minimum Gasteiger partial charge on any atom is -0.393 e. The Balaban J connectivity index is 1.85. The van der Waals surface area contributed by atoms with Crippen molar-refractivity contribution in [1.29, 1.82) is 0 Å². The number of likely N-dealkylation sites (tertiary alicyclic amines) is 1. The number of halogens is 1. The molecule has 1 aliphatic heterocycles. The summed E-state index contributed by atoms with van der Waals surface area (Å²) in [6, 6.07) is 6.38. The van der Waals surface area contributed by atoms with Crippen LogP contribution in [-0.4, -0.2) is 35.1 Å². The third-order valence-corrected chi connectivity index (χ3v) is 4.01. The lowest BCUT2D eigenvalue weighted by molar-refractivity contribution is -0.133. The van der Waals surface area contributed by atoms with E-state index >= 15 is 0 Å². The van der Waals surface area contributed by atoms with Crippen LogP contribution in [0.2, 0.25) is 0 Å². The Labute approximate surface area is 119 Å². The molecule has 2 unspecified atom stereocenters. The summed E-state index contributed by atoms with van der Waals surface area (Å²) >= 11 is 0. The molecule has 1 amide bonds. The Kier molecular flexibility index (Phi) is 5.12. The van der Waals surface area contributed by atoms with Crippen LogP contribution in [0, 0.1) is 11.7 Å². The predicted molar refractivity (Wildman–Crippen MR) is 75.7 cm³/mol. The summed E-state index contributed by atoms with van der Waals surface area (Å²) in [4.78, 5) is 14.0. The second-order valence-corrected chi connectivity index (χ2v) is 5.61. The Morgan fingerprint density at radius 1 is 1.55 bits per heavy atom. The first-order valence-electron chi connectivity index (χ1n) is 7.26. The Morgan fingerprint density at radius 2 is 2.35 bits per heavy atom. The second kappa shape index (κ2) is 6.84. The molecule has 1 heterocycles. The molecule has 2 atom stereocenters. The average Bonchev–Trinajstić information content (AvgIpc) is 2.45. The van der Waals surface area contributed by atoms with E-state index in [0.717, 1.165) is 24.9 Å². The van der Waals surface area contributed by atoms with Gasteiger partial charge in [0, 0.05) is 25.4 Å². The van der Waals surface area contributed by atoms with Crippen LogP contribution in [0.5, 0.6) is 0 Å². The van der Waals surface area contributed by atoms with Crippen molar-refractivity contribution >= 4 is 5.91 Å². The fourth-order valence-corrected chi connectivity index (χ4v) is 2.73. The van der Waals surface area contributed by atoms with Gasteiger partial charge in [0.1, 0.15) is 5.82 Å². The number of aliphatic hydroxyl groups excluding tert-OH is 1. The molecule has 110 valence electrons. The average molecular weight is 279 g/mol. The molecule has 1 saturated heterocycles. The van der Waals surface area contributed by atoms with Gasteiger partial charge in [0.25, 0.3) is 0 Å². The number of carbonyl (C=O) groups is 1. The molecule has 0 radical (unpaired) electrons. The number of rotatable bonds is 4. The zero-order valence-electron chi connectivity index (χ0n) is 11.9. The molecule has 3 nitrogen and oxygen atoms in total. The number of hydrogen-bond acceptors (Lipinski definition) is 2. The van der Waals surface area contributed by atoms with Crippen LogP contribution in [0.4, 0.5) is 4.39 Å². The highest BCUT2D eigenvalue weighted by atomic mass is 19.1. The standard InChI is InChI=1S/C16H22FNO2/c1-12(19)14-5-3-9-18(11-14)16(20)8-7-13-4-2-6-15(17)10-13/h2,4,6,10,12,14,19H,3,5,7-9,11H2,1H3. The van der Waals surface area contributed by atoms with Crippen LogP contribution in [0.1, 0.15) is 31.7 Å². The highest BCUT2D eigenvalue weighted by Gasteiger charge is 2.26. The number of nitrogens with zero attached hydrogens (tertiary/aromatic N) is 1. The van der Waals surface area contributed by atoms with Gasteiger partial charge in [0.05, 0.1) is 6.10 Å². The number of aliphatic hydroxyl groups is 1. The van der Waals surface area contributed by atoms with Gasteiger partial charge in [-0.25, -0.2) is 4.39 Å². The highest BCUT2D eigenvalue weighted by molar-refractivity contribution is 5.76. The molecule has 1 aliphatic rings. The van der Waals surface area contributed by atoms with Crippen molar-refractivity contribution in [2.45, 2.75) is 38.7 Å². The van der Waals surface area contributed by atoms with Crippen molar-refractivity contribution in [3.63, 3.8) is 0 Å². The van der Waals surface area contributed by atoms with Gasteiger partial charge in [0.15, 0.2) is 0 Å². The zero-order valence-corrected chi connectivity index (χ0v) is 11.9. The van der Waals surface area contributed by atoms with Gasteiger partial charge in [-0.2, -0.15) is 0 Å². The molecule has 1 aromatic carbocycles.